The van der Waals surface area contributed by atoms with Crippen LogP contribution in [0, 0.1) is 0 Å². The summed E-state index contributed by atoms with van der Waals surface area (Å²) >= 11 is 0. The van der Waals surface area contributed by atoms with Crippen molar-refractivity contribution in [3.05, 3.63) is 91.0 Å². The van der Waals surface area contributed by atoms with Crippen molar-refractivity contribution >= 4 is 16.7 Å². The van der Waals surface area contributed by atoms with Crippen LogP contribution in [0.3, 0.4) is 0 Å². The number of imidazole rings is 2. The van der Waals surface area contributed by atoms with Gasteiger partial charge in [0, 0.05) is 36.3 Å². The number of fused-ring (bicyclic) bond motifs is 1. The Morgan fingerprint density at radius 1 is 1.03 bits per heavy atom. The Morgan fingerprint density at radius 3 is 2.80 bits per heavy atom. The molecular formula is C24H21N5O. The minimum absolute atomic E-state index is 0.696. The van der Waals surface area contributed by atoms with Crippen molar-refractivity contribution in [1.82, 2.24) is 19.5 Å². The highest BCUT2D eigenvalue weighted by molar-refractivity contribution is 5.79. The highest BCUT2D eigenvalue weighted by Gasteiger charge is 2.08. The number of aromatic amines is 1. The van der Waals surface area contributed by atoms with E-state index in [9.17, 15) is 0 Å². The van der Waals surface area contributed by atoms with E-state index in [4.69, 9.17) is 9.72 Å². The first-order valence-corrected chi connectivity index (χ1v) is 9.74. The van der Waals surface area contributed by atoms with E-state index in [-0.39, 0.29) is 0 Å². The van der Waals surface area contributed by atoms with Crippen LogP contribution >= 0.6 is 0 Å². The summed E-state index contributed by atoms with van der Waals surface area (Å²) in [5.74, 6) is 1.67. The number of H-pyrrole nitrogens is 1. The molecular weight excluding hydrogens is 374 g/mol. The molecule has 0 radical (unpaired) electrons. The maximum Gasteiger partial charge on any atom is 0.144 e. The molecule has 0 spiro atoms. The lowest BCUT2D eigenvalue weighted by Crippen LogP contribution is -2.02. The molecule has 0 aliphatic carbocycles. The number of benzene rings is 3. The molecule has 30 heavy (non-hydrogen) atoms. The molecule has 2 N–H and O–H groups in total. The van der Waals surface area contributed by atoms with Gasteiger partial charge in [0.1, 0.15) is 11.6 Å². The van der Waals surface area contributed by atoms with Crippen LogP contribution in [0.25, 0.3) is 28.1 Å². The smallest absolute Gasteiger partial charge is 0.144 e. The molecule has 0 fully saturated rings. The van der Waals surface area contributed by atoms with Crippen LogP contribution in [-0.4, -0.2) is 26.6 Å². The topological polar surface area (TPSA) is 67.8 Å². The maximum atomic E-state index is 5.57. The fourth-order valence-electron chi connectivity index (χ4n) is 3.52. The predicted molar refractivity (Wildman–Crippen MR) is 119 cm³/mol. The van der Waals surface area contributed by atoms with Gasteiger partial charge in [0.05, 0.1) is 30.2 Å². The normalized spacial score (nSPS) is 11.0. The van der Waals surface area contributed by atoms with E-state index in [1.165, 1.54) is 5.56 Å². The highest BCUT2D eigenvalue weighted by atomic mass is 16.5. The summed E-state index contributed by atoms with van der Waals surface area (Å²) in [6, 6.07) is 22.5. The lowest BCUT2D eigenvalue weighted by molar-refractivity contribution is 0.413. The number of nitrogens with zero attached hydrogens (tertiary/aromatic N) is 3. The van der Waals surface area contributed by atoms with E-state index in [2.05, 4.69) is 39.6 Å². The Balaban J connectivity index is 1.35. The van der Waals surface area contributed by atoms with Gasteiger partial charge in [-0.3, -0.25) is 0 Å². The molecule has 6 heteroatoms. The maximum absolute atomic E-state index is 5.57. The van der Waals surface area contributed by atoms with E-state index in [0.717, 1.165) is 39.5 Å². The second kappa shape index (κ2) is 7.75. The van der Waals surface area contributed by atoms with Gasteiger partial charge < -0.3 is 19.6 Å². The molecule has 148 valence electrons. The Morgan fingerprint density at radius 2 is 1.97 bits per heavy atom. The van der Waals surface area contributed by atoms with Crippen LogP contribution in [0.1, 0.15) is 5.56 Å². The lowest BCUT2D eigenvalue weighted by atomic mass is 10.1. The van der Waals surface area contributed by atoms with E-state index in [0.29, 0.717) is 6.54 Å². The summed E-state index contributed by atoms with van der Waals surface area (Å²) in [6.45, 7) is 0.696. The third kappa shape index (κ3) is 3.51. The number of aromatic nitrogens is 4. The number of methoxy groups -OCH3 is 1. The molecule has 0 aliphatic rings. The van der Waals surface area contributed by atoms with Gasteiger partial charge in [0.25, 0.3) is 0 Å². The summed E-state index contributed by atoms with van der Waals surface area (Å²) < 4.78 is 7.50. The molecule has 6 nitrogen and oxygen atoms in total. The van der Waals surface area contributed by atoms with Crippen LogP contribution < -0.4 is 10.1 Å². The summed E-state index contributed by atoms with van der Waals surface area (Å²) in [5.41, 5.74) is 6.20. The van der Waals surface area contributed by atoms with Gasteiger partial charge in [0.15, 0.2) is 0 Å². The molecule has 0 bridgehead atoms. The molecule has 3 aromatic carbocycles. The number of anilines is 1. The van der Waals surface area contributed by atoms with Gasteiger partial charge >= 0.3 is 0 Å². The van der Waals surface area contributed by atoms with Crippen molar-refractivity contribution < 1.29 is 4.74 Å². The van der Waals surface area contributed by atoms with E-state index < -0.39 is 0 Å². The van der Waals surface area contributed by atoms with Gasteiger partial charge in [-0.1, -0.05) is 30.3 Å². The second-order valence-corrected chi connectivity index (χ2v) is 7.01. The minimum Gasteiger partial charge on any atom is -0.494 e. The number of rotatable bonds is 6. The molecule has 0 unspecified atom stereocenters. The number of hydrogen-bond donors (Lipinski definition) is 2. The van der Waals surface area contributed by atoms with Crippen molar-refractivity contribution in [3.8, 4) is 22.8 Å². The third-order valence-corrected chi connectivity index (χ3v) is 5.05. The Kier molecular flexibility index (Phi) is 4.65. The summed E-state index contributed by atoms with van der Waals surface area (Å²) in [6.07, 6.45) is 5.41. The molecule has 2 aromatic heterocycles. The Bertz CT molecular complexity index is 1260. The van der Waals surface area contributed by atoms with Crippen LogP contribution in [0.5, 0.6) is 5.75 Å². The van der Waals surface area contributed by atoms with Crippen molar-refractivity contribution in [2.45, 2.75) is 6.54 Å². The zero-order valence-electron chi connectivity index (χ0n) is 16.5. The molecule has 0 saturated carbocycles. The van der Waals surface area contributed by atoms with Crippen LogP contribution in [0.2, 0.25) is 0 Å². The highest BCUT2D eigenvalue weighted by Crippen LogP contribution is 2.27. The van der Waals surface area contributed by atoms with E-state index >= 15 is 0 Å². The van der Waals surface area contributed by atoms with E-state index in [1.807, 2.05) is 53.2 Å². The fourth-order valence-corrected chi connectivity index (χ4v) is 3.52. The first-order valence-electron chi connectivity index (χ1n) is 9.74. The number of hydrogen-bond acceptors (Lipinski definition) is 4. The zero-order valence-corrected chi connectivity index (χ0v) is 16.5. The van der Waals surface area contributed by atoms with E-state index in [1.54, 1.807) is 19.6 Å². The molecule has 0 amide bonds. The quantitative estimate of drug-likeness (QED) is 0.423. The largest absolute Gasteiger partial charge is 0.494 e. The first-order chi connectivity index (χ1) is 14.8. The van der Waals surface area contributed by atoms with Gasteiger partial charge in [-0.15, -0.1) is 0 Å². The van der Waals surface area contributed by atoms with Crippen LogP contribution in [0.15, 0.2) is 85.5 Å². The monoisotopic (exact) mass is 395 g/mol. The van der Waals surface area contributed by atoms with Crippen molar-refractivity contribution in [1.29, 1.82) is 0 Å². The Labute approximate surface area is 174 Å². The summed E-state index contributed by atoms with van der Waals surface area (Å²) in [7, 11) is 1.68. The molecule has 5 aromatic rings. The van der Waals surface area contributed by atoms with Gasteiger partial charge in [0.2, 0.25) is 0 Å². The average molecular weight is 395 g/mol. The first kappa shape index (κ1) is 18.0. The fraction of sp³-hybridized carbons (Fsp3) is 0.0833. The van der Waals surface area contributed by atoms with Crippen molar-refractivity contribution in [2.75, 3.05) is 12.4 Å². The van der Waals surface area contributed by atoms with Crippen LogP contribution in [0.4, 0.5) is 5.69 Å². The molecule has 0 atom stereocenters. The minimum atomic E-state index is 0.696. The van der Waals surface area contributed by atoms with Gasteiger partial charge in [-0.05, 0) is 35.9 Å². The third-order valence-electron chi connectivity index (χ3n) is 5.05. The lowest BCUT2D eigenvalue weighted by Gasteiger charge is -2.13. The SMILES string of the molecule is COc1cc(NCc2cccc(-c3nc4ccccc4[nH]3)c2)ccc1-n1ccnc1. The summed E-state index contributed by atoms with van der Waals surface area (Å²) in [5, 5.41) is 3.48. The average Bonchev–Trinajstić information content (AvgIpc) is 3.48. The predicted octanol–water partition coefficient (Wildman–Crippen LogP) is 5.04. The molecule has 2 heterocycles. The molecule has 0 aliphatic heterocycles. The van der Waals surface area contributed by atoms with Crippen molar-refractivity contribution in [2.24, 2.45) is 0 Å². The summed E-state index contributed by atoms with van der Waals surface area (Å²) in [4.78, 5) is 12.2. The standard InChI is InChI=1S/C24H21N5O/c1-30-23-14-19(9-10-22(23)29-12-11-25-16-29)26-15-17-5-4-6-18(13-17)24-27-20-7-2-3-8-21(20)28-24/h2-14,16,26H,15H2,1H3,(H,27,28). The molecule has 5 rings (SSSR count). The Hall–Kier alpha value is -4.06. The van der Waals surface area contributed by atoms with Gasteiger partial charge in [-0.2, -0.15) is 0 Å². The zero-order chi connectivity index (χ0) is 20.3. The molecule has 0 saturated heterocycles. The van der Waals surface area contributed by atoms with Crippen molar-refractivity contribution in [3.63, 3.8) is 0 Å². The van der Waals surface area contributed by atoms with Crippen LogP contribution in [-0.2, 0) is 6.54 Å². The number of nitrogens with one attached hydrogen (secondary N) is 2. The number of ether oxygens (including phenoxy) is 1. The van der Waals surface area contributed by atoms with Gasteiger partial charge in [-0.25, -0.2) is 9.97 Å². The second-order valence-electron chi connectivity index (χ2n) is 7.01. The number of para-hydroxylation sites is 2.